The van der Waals surface area contributed by atoms with Gasteiger partial charge in [-0.1, -0.05) is 6.07 Å². The summed E-state index contributed by atoms with van der Waals surface area (Å²) in [6.45, 7) is 0.733. The summed E-state index contributed by atoms with van der Waals surface area (Å²) in [6, 6.07) is 10.9. The molecule has 1 aliphatic rings. The fraction of sp³-hybridized carbons (Fsp3) is 0.455. The van der Waals surface area contributed by atoms with Gasteiger partial charge in [-0.15, -0.1) is 0 Å². The minimum Gasteiger partial charge on any atom is -0.497 e. The molecule has 1 aromatic heterocycles. The van der Waals surface area contributed by atoms with Crippen LogP contribution in [0.5, 0.6) is 11.5 Å². The average molecular weight is 383 g/mol. The van der Waals surface area contributed by atoms with Crippen molar-refractivity contribution in [1.29, 1.82) is 0 Å². The number of pyridine rings is 1. The van der Waals surface area contributed by atoms with E-state index >= 15 is 0 Å². The van der Waals surface area contributed by atoms with Crippen molar-refractivity contribution in [2.75, 3.05) is 20.8 Å². The van der Waals surface area contributed by atoms with E-state index in [0.717, 1.165) is 37.9 Å². The highest BCUT2D eigenvalue weighted by atomic mass is 16.5. The van der Waals surface area contributed by atoms with Crippen molar-refractivity contribution in [3.8, 4) is 11.5 Å². The Morgan fingerprint density at radius 2 is 1.96 bits per heavy atom. The zero-order chi connectivity index (χ0) is 19.9. The smallest absolute Gasteiger partial charge is 0.255 e. The molecule has 0 unspecified atom stereocenters. The van der Waals surface area contributed by atoms with Crippen LogP contribution in [0.25, 0.3) is 0 Å². The summed E-state index contributed by atoms with van der Waals surface area (Å²) in [6.07, 6.45) is 6.01. The molecule has 0 saturated heterocycles. The van der Waals surface area contributed by atoms with Crippen molar-refractivity contribution < 1.29 is 14.3 Å². The van der Waals surface area contributed by atoms with Gasteiger partial charge in [0, 0.05) is 12.3 Å². The number of hydrogen-bond acceptors (Lipinski definition) is 5. The molecule has 1 heterocycles. The molecule has 0 bridgehead atoms. The molecular formula is C22H29N3O3. The number of ether oxygens (including phenoxy) is 2. The van der Waals surface area contributed by atoms with Crippen molar-refractivity contribution in [3.63, 3.8) is 0 Å². The van der Waals surface area contributed by atoms with Crippen LogP contribution in [0.15, 0.2) is 42.6 Å². The first-order valence-corrected chi connectivity index (χ1v) is 9.80. The lowest BCUT2D eigenvalue weighted by molar-refractivity contribution is 0.0902. The Bertz CT molecular complexity index is 774. The van der Waals surface area contributed by atoms with E-state index in [-0.39, 0.29) is 11.9 Å². The number of benzene rings is 1. The molecule has 1 saturated carbocycles. The third kappa shape index (κ3) is 4.62. The summed E-state index contributed by atoms with van der Waals surface area (Å²) in [5.74, 6) is 1.89. The molecule has 1 aliphatic carbocycles. The Morgan fingerprint density at radius 1 is 1.18 bits per heavy atom. The number of amides is 1. The molecule has 6 nitrogen and oxygen atoms in total. The lowest BCUT2D eigenvalue weighted by Crippen LogP contribution is -2.36. The van der Waals surface area contributed by atoms with E-state index in [2.05, 4.69) is 10.3 Å². The van der Waals surface area contributed by atoms with E-state index in [0.29, 0.717) is 28.9 Å². The van der Waals surface area contributed by atoms with Gasteiger partial charge in [-0.25, -0.2) is 0 Å². The van der Waals surface area contributed by atoms with E-state index in [4.69, 9.17) is 15.2 Å². The molecule has 0 spiro atoms. The van der Waals surface area contributed by atoms with Crippen molar-refractivity contribution in [2.24, 2.45) is 17.6 Å². The minimum absolute atomic E-state index is 0.140. The third-order valence-electron chi connectivity index (χ3n) is 5.64. The molecule has 6 heteroatoms. The Balaban J connectivity index is 1.83. The van der Waals surface area contributed by atoms with Crippen molar-refractivity contribution in [2.45, 2.75) is 31.7 Å². The normalized spacial score (nSPS) is 20.2. The summed E-state index contributed by atoms with van der Waals surface area (Å²) in [4.78, 5) is 17.6. The van der Waals surface area contributed by atoms with Gasteiger partial charge in [0.25, 0.3) is 5.91 Å². The van der Waals surface area contributed by atoms with Crippen LogP contribution in [0.2, 0.25) is 0 Å². The van der Waals surface area contributed by atoms with Gasteiger partial charge < -0.3 is 20.5 Å². The van der Waals surface area contributed by atoms with E-state index in [1.165, 1.54) is 0 Å². The van der Waals surface area contributed by atoms with Gasteiger partial charge in [0.05, 0.1) is 31.5 Å². The fourth-order valence-corrected chi connectivity index (χ4v) is 3.96. The Kier molecular flexibility index (Phi) is 6.87. The van der Waals surface area contributed by atoms with Crippen LogP contribution in [0.1, 0.15) is 47.8 Å². The quantitative estimate of drug-likeness (QED) is 0.766. The predicted octanol–water partition coefficient (Wildman–Crippen LogP) is 3.34. The van der Waals surface area contributed by atoms with Crippen LogP contribution >= 0.6 is 0 Å². The molecule has 28 heavy (non-hydrogen) atoms. The molecule has 1 aromatic carbocycles. The highest BCUT2D eigenvalue weighted by Gasteiger charge is 2.31. The zero-order valence-corrected chi connectivity index (χ0v) is 16.6. The average Bonchev–Trinajstić information content (AvgIpc) is 2.77. The number of carbonyl (C=O) groups excluding carboxylic acids is 1. The molecule has 0 aliphatic heterocycles. The van der Waals surface area contributed by atoms with Crippen LogP contribution in [-0.2, 0) is 0 Å². The first kappa shape index (κ1) is 20.1. The minimum atomic E-state index is -0.170. The Labute approximate surface area is 166 Å². The van der Waals surface area contributed by atoms with E-state index < -0.39 is 0 Å². The molecule has 150 valence electrons. The molecule has 0 radical (unpaired) electrons. The maximum absolute atomic E-state index is 13.1. The lowest BCUT2D eigenvalue weighted by atomic mass is 9.77. The zero-order valence-electron chi connectivity index (χ0n) is 16.6. The van der Waals surface area contributed by atoms with Gasteiger partial charge in [-0.05, 0) is 68.3 Å². The highest BCUT2D eigenvalue weighted by Crippen LogP contribution is 2.36. The fourth-order valence-electron chi connectivity index (χ4n) is 3.96. The second-order valence-corrected chi connectivity index (χ2v) is 7.29. The highest BCUT2D eigenvalue weighted by molar-refractivity contribution is 5.97. The number of carbonyl (C=O) groups is 1. The number of aromatic nitrogens is 1. The number of methoxy groups -OCH3 is 2. The molecule has 3 rings (SSSR count). The van der Waals surface area contributed by atoms with E-state index in [9.17, 15) is 4.79 Å². The van der Waals surface area contributed by atoms with Gasteiger partial charge in [-0.2, -0.15) is 0 Å². The summed E-state index contributed by atoms with van der Waals surface area (Å²) in [5.41, 5.74) is 7.22. The second kappa shape index (κ2) is 9.55. The van der Waals surface area contributed by atoms with Crippen molar-refractivity contribution in [3.05, 3.63) is 53.9 Å². The largest absolute Gasteiger partial charge is 0.497 e. The maximum atomic E-state index is 13.1. The first-order valence-electron chi connectivity index (χ1n) is 9.80. The van der Waals surface area contributed by atoms with Crippen molar-refractivity contribution in [1.82, 2.24) is 10.3 Å². The van der Waals surface area contributed by atoms with Crippen molar-refractivity contribution >= 4 is 5.91 Å². The second-order valence-electron chi connectivity index (χ2n) is 7.29. The topological polar surface area (TPSA) is 86.5 Å². The number of hydrogen-bond donors (Lipinski definition) is 2. The van der Waals surface area contributed by atoms with Gasteiger partial charge in [0.1, 0.15) is 11.5 Å². The summed E-state index contributed by atoms with van der Waals surface area (Å²) in [7, 11) is 3.14. The number of nitrogens with two attached hydrogens (primary N) is 1. The van der Waals surface area contributed by atoms with Crippen LogP contribution in [0.4, 0.5) is 0 Å². The molecular weight excluding hydrogens is 354 g/mol. The number of rotatable bonds is 7. The summed E-state index contributed by atoms with van der Waals surface area (Å²) >= 11 is 0. The molecule has 1 fully saturated rings. The van der Waals surface area contributed by atoms with Crippen LogP contribution < -0.4 is 20.5 Å². The number of nitrogens with zero attached hydrogens (tertiary/aromatic N) is 1. The Hall–Kier alpha value is -2.60. The first-order chi connectivity index (χ1) is 13.7. The van der Waals surface area contributed by atoms with E-state index in [1.54, 1.807) is 38.6 Å². The summed E-state index contributed by atoms with van der Waals surface area (Å²) in [5, 5.41) is 3.21. The standard InChI is InChI=1S/C22H29N3O3/c1-27-17-10-11-18(20(13-17)28-2)22(26)25-21(19-5-3-4-12-24-19)16-8-6-15(14-23)7-9-16/h3-5,10-13,15-16,21H,6-9,14,23H2,1-2H3,(H,25,26)/t15?,16?,21-/m0/s1. The van der Waals surface area contributed by atoms with Gasteiger partial charge in [0.2, 0.25) is 0 Å². The molecule has 1 atom stereocenters. The molecule has 1 amide bonds. The van der Waals surface area contributed by atoms with E-state index in [1.807, 2.05) is 18.2 Å². The predicted molar refractivity (Wildman–Crippen MR) is 108 cm³/mol. The van der Waals surface area contributed by atoms with Crippen LogP contribution in [0.3, 0.4) is 0 Å². The molecule has 2 aromatic rings. The lowest BCUT2D eigenvalue weighted by Gasteiger charge is -2.33. The summed E-state index contributed by atoms with van der Waals surface area (Å²) < 4.78 is 10.6. The van der Waals surface area contributed by atoms with Gasteiger partial charge >= 0.3 is 0 Å². The SMILES string of the molecule is COc1ccc(C(=O)N[C@H](c2ccccn2)C2CCC(CN)CC2)c(OC)c1. The van der Waals surface area contributed by atoms with Crippen LogP contribution in [-0.4, -0.2) is 31.7 Å². The van der Waals surface area contributed by atoms with Gasteiger partial charge in [0.15, 0.2) is 0 Å². The Morgan fingerprint density at radius 3 is 2.57 bits per heavy atom. The maximum Gasteiger partial charge on any atom is 0.255 e. The van der Waals surface area contributed by atoms with Gasteiger partial charge in [-0.3, -0.25) is 9.78 Å². The molecule has 3 N–H and O–H groups in total. The monoisotopic (exact) mass is 383 g/mol. The number of nitrogens with one attached hydrogen (secondary N) is 1. The van der Waals surface area contributed by atoms with Crippen LogP contribution in [0, 0.1) is 11.8 Å². The third-order valence-corrected chi connectivity index (χ3v) is 5.64.